The SMILES string of the molecule is Cc1c(C)n(C)c2cc[nH]c12. The number of nitrogens with zero attached hydrogens (tertiary/aromatic N) is 1. The van der Waals surface area contributed by atoms with Crippen LogP contribution in [0.3, 0.4) is 0 Å². The highest BCUT2D eigenvalue weighted by molar-refractivity contribution is 5.81. The van der Waals surface area contributed by atoms with Crippen molar-refractivity contribution in [2.45, 2.75) is 13.8 Å². The number of aromatic nitrogens is 2. The summed E-state index contributed by atoms with van der Waals surface area (Å²) in [4.78, 5) is 3.23. The van der Waals surface area contributed by atoms with Crippen molar-refractivity contribution in [3.8, 4) is 0 Å². The Morgan fingerprint density at radius 2 is 2.09 bits per heavy atom. The molecule has 0 amide bonds. The van der Waals surface area contributed by atoms with Crippen LogP contribution in [-0.2, 0) is 7.05 Å². The summed E-state index contributed by atoms with van der Waals surface area (Å²) in [7, 11) is 2.10. The summed E-state index contributed by atoms with van der Waals surface area (Å²) in [6.07, 6.45) is 1.98. The first-order chi connectivity index (χ1) is 5.22. The lowest BCUT2D eigenvalue weighted by Crippen LogP contribution is -1.89. The second kappa shape index (κ2) is 1.91. The zero-order chi connectivity index (χ0) is 8.01. The van der Waals surface area contributed by atoms with Gasteiger partial charge in [-0.2, -0.15) is 0 Å². The van der Waals surface area contributed by atoms with Gasteiger partial charge in [-0.05, 0) is 25.5 Å². The van der Waals surface area contributed by atoms with Crippen LogP contribution in [0.5, 0.6) is 0 Å². The number of rotatable bonds is 0. The smallest absolute Gasteiger partial charge is 0.0668 e. The fraction of sp³-hybridized carbons (Fsp3) is 0.333. The normalized spacial score (nSPS) is 11.2. The quantitative estimate of drug-likeness (QED) is 0.590. The van der Waals surface area contributed by atoms with E-state index in [0.29, 0.717) is 0 Å². The molecule has 0 aromatic carbocycles. The van der Waals surface area contributed by atoms with Gasteiger partial charge in [-0.3, -0.25) is 0 Å². The van der Waals surface area contributed by atoms with Gasteiger partial charge in [0, 0.05) is 18.9 Å². The van der Waals surface area contributed by atoms with Crippen molar-refractivity contribution in [1.29, 1.82) is 0 Å². The summed E-state index contributed by atoms with van der Waals surface area (Å²) in [5.74, 6) is 0. The molecule has 0 radical (unpaired) electrons. The summed E-state index contributed by atoms with van der Waals surface area (Å²) in [6, 6.07) is 2.11. The maximum Gasteiger partial charge on any atom is 0.0668 e. The molecule has 0 fully saturated rings. The molecule has 2 rings (SSSR count). The number of fused-ring (bicyclic) bond motifs is 1. The zero-order valence-corrected chi connectivity index (χ0v) is 7.10. The van der Waals surface area contributed by atoms with Crippen LogP contribution in [0.2, 0.25) is 0 Å². The average Bonchev–Trinajstić information content (AvgIpc) is 2.53. The summed E-state index contributed by atoms with van der Waals surface area (Å²) in [6.45, 7) is 4.29. The van der Waals surface area contributed by atoms with E-state index in [9.17, 15) is 0 Å². The molecular formula is C9H12N2. The van der Waals surface area contributed by atoms with Gasteiger partial charge in [-0.15, -0.1) is 0 Å². The fourth-order valence-corrected chi connectivity index (χ4v) is 1.55. The molecule has 2 heteroatoms. The molecule has 0 saturated heterocycles. The molecule has 11 heavy (non-hydrogen) atoms. The van der Waals surface area contributed by atoms with E-state index in [0.717, 1.165) is 0 Å². The zero-order valence-electron chi connectivity index (χ0n) is 7.10. The molecule has 0 aliphatic rings. The van der Waals surface area contributed by atoms with Crippen molar-refractivity contribution in [2.24, 2.45) is 7.05 Å². The summed E-state index contributed by atoms with van der Waals surface area (Å²) >= 11 is 0. The van der Waals surface area contributed by atoms with Crippen molar-refractivity contribution in [1.82, 2.24) is 9.55 Å². The van der Waals surface area contributed by atoms with E-state index >= 15 is 0 Å². The van der Waals surface area contributed by atoms with E-state index in [2.05, 4.69) is 36.5 Å². The summed E-state index contributed by atoms with van der Waals surface area (Å²) in [5.41, 5.74) is 5.25. The first-order valence-electron chi connectivity index (χ1n) is 3.81. The largest absolute Gasteiger partial charge is 0.360 e. The van der Waals surface area contributed by atoms with Crippen LogP contribution in [0.15, 0.2) is 12.3 Å². The lowest BCUT2D eigenvalue weighted by atomic mass is 10.3. The van der Waals surface area contributed by atoms with Crippen LogP contribution >= 0.6 is 0 Å². The first kappa shape index (κ1) is 6.53. The molecule has 2 heterocycles. The number of nitrogens with one attached hydrogen (secondary N) is 1. The third kappa shape index (κ3) is 0.666. The monoisotopic (exact) mass is 148 g/mol. The predicted molar refractivity (Wildman–Crippen MR) is 46.7 cm³/mol. The fourth-order valence-electron chi connectivity index (χ4n) is 1.55. The molecule has 2 aromatic heterocycles. The van der Waals surface area contributed by atoms with E-state index in [1.54, 1.807) is 0 Å². The highest BCUT2D eigenvalue weighted by Crippen LogP contribution is 2.21. The van der Waals surface area contributed by atoms with Gasteiger partial charge in [0.2, 0.25) is 0 Å². The Morgan fingerprint density at radius 3 is 2.73 bits per heavy atom. The maximum atomic E-state index is 3.23. The Bertz CT molecular complexity index is 358. The van der Waals surface area contributed by atoms with Gasteiger partial charge >= 0.3 is 0 Å². The molecule has 2 nitrogen and oxygen atoms in total. The third-order valence-corrected chi connectivity index (χ3v) is 2.51. The van der Waals surface area contributed by atoms with E-state index in [4.69, 9.17) is 0 Å². The van der Waals surface area contributed by atoms with E-state index in [-0.39, 0.29) is 0 Å². The highest BCUT2D eigenvalue weighted by Gasteiger charge is 2.07. The standard InChI is InChI=1S/C9H12N2/c1-6-7(2)11(3)8-4-5-10-9(6)8/h4-5,10H,1-3H3. The molecule has 0 unspecified atom stereocenters. The third-order valence-electron chi connectivity index (χ3n) is 2.51. The van der Waals surface area contributed by atoms with E-state index < -0.39 is 0 Å². The average molecular weight is 148 g/mol. The van der Waals surface area contributed by atoms with Crippen LogP contribution in [0.25, 0.3) is 11.0 Å². The van der Waals surface area contributed by atoms with Crippen molar-refractivity contribution in [2.75, 3.05) is 0 Å². The molecule has 0 bridgehead atoms. The molecule has 0 aliphatic carbocycles. The van der Waals surface area contributed by atoms with Gasteiger partial charge in [-0.1, -0.05) is 0 Å². The molecule has 58 valence electrons. The van der Waals surface area contributed by atoms with E-state index in [1.165, 1.54) is 22.3 Å². The Morgan fingerprint density at radius 1 is 1.36 bits per heavy atom. The Balaban J connectivity index is 3.00. The minimum absolute atomic E-state index is 1.27. The number of aromatic amines is 1. The minimum Gasteiger partial charge on any atom is -0.360 e. The summed E-state index contributed by atoms with van der Waals surface area (Å²) < 4.78 is 2.21. The molecule has 0 saturated carbocycles. The molecule has 0 aliphatic heterocycles. The number of hydrogen-bond donors (Lipinski definition) is 1. The van der Waals surface area contributed by atoms with Crippen LogP contribution in [-0.4, -0.2) is 9.55 Å². The van der Waals surface area contributed by atoms with Crippen LogP contribution < -0.4 is 0 Å². The number of aryl methyl sites for hydroxylation is 2. The van der Waals surface area contributed by atoms with E-state index in [1.807, 2.05) is 6.20 Å². The minimum atomic E-state index is 1.27. The van der Waals surface area contributed by atoms with Crippen LogP contribution in [0.1, 0.15) is 11.3 Å². The number of hydrogen-bond acceptors (Lipinski definition) is 0. The van der Waals surface area contributed by atoms with Gasteiger partial charge in [0.1, 0.15) is 0 Å². The molecular weight excluding hydrogens is 136 g/mol. The Kier molecular flexibility index (Phi) is 1.13. The predicted octanol–water partition coefficient (Wildman–Crippen LogP) is 2.12. The Hall–Kier alpha value is -1.18. The van der Waals surface area contributed by atoms with Crippen LogP contribution in [0.4, 0.5) is 0 Å². The summed E-state index contributed by atoms with van der Waals surface area (Å²) in [5, 5.41) is 0. The van der Waals surface area contributed by atoms with Crippen molar-refractivity contribution < 1.29 is 0 Å². The van der Waals surface area contributed by atoms with Crippen molar-refractivity contribution >= 4 is 11.0 Å². The van der Waals surface area contributed by atoms with Gasteiger partial charge in [0.25, 0.3) is 0 Å². The lowest BCUT2D eigenvalue weighted by molar-refractivity contribution is 0.910. The number of H-pyrrole nitrogens is 1. The molecule has 2 aromatic rings. The highest BCUT2D eigenvalue weighted by atomic mass is 15.0. The molecule has 0 atom stereocenters. The first-order valence-corrected chi connectivity index (χ1v) is 3.81. The maximum absolute atomic E-state index is 3.23. The van der Waals surface area contributed by atoms with Crippen molar-refractivity contribution in [3.63, 3.8) is 0 Å². The van der Waals surface area contributed by atoms with Crippen molar-refractivity contribution in [3.05, 3.63) is 23.5 Å². The topological polar surface area (TPSA) is 20.7 Å². The molecule has 0 spiro atoms. The van der Waals surface area contributed by atoms with Gasteiger partial charge in [0.15, 0.2) is 0 Å². The molecule has 1 N–H and O–H groups in total. The second-order valence-corrected chi connectivity index (χ2v) is 3.01. The second-order valence-electron chi connectivity index (χ2n) is 3.01. The lowest BCUT2D eigenvalue weighted by Gasteiger charge is -1.95. The Labute approximate surface area is 65.8 Å². The van der Waals surface area contributed by atoms with Crippen LogP contribution in [0, 0.1) is 13.8 Å². The van der Waals surface area contributed by atoms with Gasteiger partial charge in [-0.25, -0.2) is 0 Å². The van der Waals surface area contributed by atoms with Gasteiger partial charge < -0.3 is 9.55 Å². The van der Waals surface area contributed by atoms with Gasteiger partial charge in [0.05, 0.1) is 11.0 Å².